The average molecular weight is 352 g/mol. The monoisotopic (exact) mass is 352 g/mol. The summed E-state index contributed by atoms with van der Waals surface area (Å²) in [7, 11) is 1.48. The summed E-state index contributed by atoms with van der Waals surface area (Å²) < 4.78 is 24.8. The third kappa shape index (κ3) is 5.34. The third-order valence-corrected chi connectivity index (χ3v) is 3.86. The van der Waals surface area contributed by atoms with Gasteiger partial charge in [0.05, 0.1) is 12.6 Å². The summed E-state index contributed by atoms with van der Waals surface area (Å²) in [5.74, 6) is 0. The lowest BCUT2D eigenvalue weighted by atomic mass is 10.2. The first-order chi connectivity index (χ1) is 11.7. The summed E-state index contributed by atoms with van der Waals surface area (Å²) in [6.07, 6.45) is -2.55. The lowest BCUT2D eigenvalue weighted by Gasteiger charge is -2.26. The summed E-state index contributed by atoms with van der Waals surface area (Å²) in [5, 5.41) is 0. The van der Waals surface area contributed by atoms with Crippen LogP contribution in [0.3, 0.4) is 0 Å². The highest BCUT2D eigenvalue weighted by Crippen LogP contribution is 2.21. The second kappa shape index (κ2) is 7.72. The van der Waals surface area contributed by atoms with Gasteiger partial charge < -0.3 is 19.3 Å². The van der Waals surface area contributed by atoms with E-state index in [1.807, 2.05) is 30.3 Å². The van der Waals surface area contributed by atoms with Gasteiger partial charge in [-0.3, -0.25) is 0 Å². The number of carbonyl (C=O) groups is 2. The first-order valence-electron chi connectivity index (χ1n) is 8.23. The van der Waals surface area contributed by atoms with E-state index in [4.69, 9.17) is 9.47 Å². The Labute approximate surface area is 147 Å². The lowest BCUT2D eigenvalue weighted by molar-refractivity contribution is 0.0275. The van der Waals surface area contributed by atoms with E-state index in [0.717, 1.165) is 5.56 Å². The molecule has 7 heteroatoms. The molecule has 1 fully saturated rings. The Hall–Kier alpha value is -2.31. The van der Waals surface area contributed by atoms with Crippen molar-refractivity contribution in [1.29, 1.82) is 0 Å². The number of halogens is 1. The maximum atomic E-state index is 14.3. The highest BCUT2D eigenvalue weighted by atomic mass is 19.1. The molecule has 1 heterocycles. The maximum absolute atomic E-state index is 14.3. The molecule has 138 valence electrons. The molecule has 1 aliphatic rings. The highest BCUT2D eigenvalue weighted by Gasteiger charge is 2.41. The predicted octanol–water partition coefficient (Wildman–Crippen LogP) is 3.21. The van der Waals surface area contributed by atoms with Crippen molar-refractivity contribution in [3.05, 3.63) is 35.9 Å². The van der Waals surface area contributed by atoms with Crippen LogP contribution in [0.4, 0.5) is 14.0 Å². The van der Waals surface area contributed by atoms with Crippen LogP contribution in [-0.4, -0.2) is 59.9 Å². The van der Waals surface area contributed by atoms with Crippen LogP contribution in [-0.2, 0) is 16.1 Å². The first-order valence-corrected chi connectivity index (χ1v) is 8.23. The molecule has 2 unspecified atom stereocenters. The fourth-order valence-electron chi connectivity index (χ4n) is 2.54. The van der Waals surface area contributed by atoms with Crippen LogP contribution in [0.1, 0.15) is 26.3 Å². The summed E-state index contributed by atoms with van der Waals surface area (Å²) in [6.45, 7) is 5.34. The second-order valence-corrected chi connectivity index (χ2v) is 7.12. The molecule has 1 aromatic carbocycles. The molecule has 0 bridgehead atoms. The van der Waals surface area contributed by atoms with Crippen LogP contribution in [0.25, 0.3) is 0 Å². The molecular weight excluding hydrogens is 327 g/mol. The molecule has 6 nitrogen and oxygen atoms in total. The Balaban J connectivity index is 1.89. The van der Waals surface area contributed by atoms with Crippen LogP contribution >= 0.6 is 0 Å². The predicted molar refractivity (Wildman–Crippen MR) is 90.9 cm³/mol. The summed E-state index contributed by atoms with van der Waals surface area (Å²) in [6, 6.07) is 8.49. The van der Waals surface area contributed by atoms with E-state index in [2.05, 4.69) is 0 Å². The normalized spacial score (nSPS) is 20.3. The molecule has 0 aromatic heterocycles. The van der Waals surface area contributed by atoms with Gasteiger partial charge in [-0.2, -0.15) is 0 Å². The number of carbonyl (C=O) groups excluding carboxylic acids is 2. The number of nitrogens with zero attached hydrogens (tertiary/aromatic N) is 2. The fourth-order valence-corrected chi connectivity index (χ4v) is 2.54. The van der Waals surface area contributed by atoms with Crippen LogP contribution in [0.5, 0.6) is 0 Å². The molecule has 2 atom stereocenters. The SMILES string of the molecule is CN(C(=O)OCc1ccccc1)C1CN(C(=O)OC(C)(C)C)CC1F. The Morgan fingerprint density at radius 2 is 1.88 bits per heavy atom. The third-order valence-electron chi connectivity index (χ3n) is 3.86. The van der Waals surface area contributed by atoms with Crippen LogP contribution in [0.2, 0.25) is 0 Å². The molecule has 0 aliphatic carbocycles. The number of alkyl halides is 1. The van der Waals surface area contributed by atoms with E-state index in [1.54, 1.807) is 20.8 Å². The number of hydrogen-bond acceptors (Lipinski definition) is 4. The zero-order valence-electron chi connectivity index (χ0n) is 15.1. The van der Waals surface area contributed by atoms with Crippen molar-refractivity contribution in [1.82, 2.24) is 9.80 Å². The number of hydrogen-bond donors (Lipinski definition) is 0. The molecule has 0 radical (unpaired) electrons. The molecule has 1 aliphatic heterocycles. The van der Waals surface area contributed by atoms with E-state index in [-0.39, 0.29) is 19.7 Å². The van der Waals surface area contributed by atoms with Crippen molar-refractivity contribution in [2.24, 2.45) is 0 Å². The van der Waals surface area contributed by atoms with Gasteiger partial charge >= 0.3 is 12.2 Å². The second-order valence-electron chi connectivity index (χ2n) is 7.12. The number of amides is 2. The molecular formula is C18H25FN2O4. The lowest BCUT2D eigenvalue weighted by Crippen LogP contribution is -2.43. The van der Waals surface area contributed by atoms with Crippen LogP contribution in [0.15, 0.2) is 30.3 Å². The van der Waals surface area contributed by atoms with Gasteiger partial charge in [0.15, 0.2) is 0 Å². The summed E-state index contributed by atoms with van der Waals surface area (Å²) >= 11 is 0. The van der Waals surface area contributed by atoms with Crippen LogP contribution < -0.4 is 0 Å². The minimum Gasteiger partial charge on any atom is -0.445 e. The maximum Gasteiger partial charge on any atom is 0.410 e. The van der Waals surface area contributed by atoms with Gasteiger partial charge in [-0.15, -0.1) is 0 Å². The number of rotatable bonds is 3. The number of ether oxygens (including phenoxy) is 2. The van der Waals surface area contributed by atoms with Crippen molar-refractivity contribution in [3.8, 4) is 0 Å². The standard InChI is InChI=1S/C18H25FN2O4/c1-18(2,3)25-17(23)21-10-14(19)15(11-21)20(4)16(22)24-12-13-8-6-5-7-9-13/h5-9,14-15H,10-12H2,1-4H3. The fraction of sp³-hybridized carbons (Fsp3) is 0.556. The number of benzene rings is 1. The molecule has 1 aromatic rings. The Kier molecular flexibility index (Phi) is 5.87. The minimum atomic E-state index is -1.35. The molecule has 0 N–H and O–H groups in total. The van der Waals surface area contributed by atoms with Crippen molar-refractivity contribution in [2.45, 2.75) is 45.2 Å². The summed E-state index contributed by atoms with van der Waals surface area (Å²) in [4.78, 5) is 26.7. The van der Waals surface area contributed by atoms with Gasteiger partial charge in [0.2, 0.25) is 0 Å². The first kappa shape index (κ1) is 19.0. The van der Waals surface area contributed by atoms with E-state index < -0.39 is 30.0 Å². The smallest absolute Gasteiger partial charge is 0.410 e. The zero-order chi connectivity index (χ0) is 18.6. The molecule has 0 saturated carbocycles. The zero-order valence-corrected chi connectivity index (χ0v) is 15.1. The van der Waals surface area contributed by atoms with E-state index in [9.17, 15) is 14.0 Å². The topological polar surface area (TPSA) is 59.1 Å². The van der Waals surface area contributed by atoms with E-state index >= 15 is 0 Å². The molecule has 2 amide bonds. The van der Waals surface area contributed by atoms with Crippen molar-refractivity contribution in [3.63, 3.8) is 0 Å². The number of likely N-dealkylation sites (tertiary alicyclic amines) is 1. The van der Waals surface area contributed by atoms with E-state index in [1.165, 1.54) is 16.8 Å². The van der Waals surface area contributed by atoms with Gasteiger partial charge in [-0.25, -0.2) is 14.0 Å². The van der Waals surface area contributed by atoms with Crippen LogP contribution in [0, 0.1) is 0 Å². The van der Waals surface area contributed by atoms with Gasteiger partial charge in [0.1, 0.15) is 18.4 Å². The Bertz CT molecular complexity index is 603. The molecule has 25 heavy (non-hydrogen) atoms. The summed E-state index contributed by atoms with van der Waals surface area (Å²) in [5.41, 5.74) is 0.199. The minimum absolute atomic E-state index is 0.0764. The van der Waals surface area contributed by atoms with Crippen molar-refractivity contribution >= 4 is 12.2 Å². The van der Waals surface area contributed by atoms with Crippen molar-refractivity contribution in [2.75, 3.05) is 20.1 Å². The van der Waals surface area contributed by atoms with Crippen molar-refractivity contribution < 1.29 is 23.5 Å². The molecule has 1 saturated heterocycles. The molecule has 2 rings (SSSR count). The Morgan fingerprint density at radius 3 is 2.48 bits per heavy atom. The van der Waals surface area contributed by atoms with Gasteiger partial charge in [-0.05, 0) is 26.3 Å². The van der Waals surface area contributed by atoms with E-state index in [0.29, 0.717) is 0 Å². The Morgan fingerprint density at radius 1 is 1.24 bits per heavy atom. The quantitative estimate of drug-likeness (QED) is 0.838. The average Bonchev–Trinajstić information content (AvgIpc) is 2.93. The highest BCUT2D eigenvalue weighted by molar-refractivity contribution is 5.70. The van der Waals surface area contributed by atoms with Gasteiger partial charge in [0.25, 0.3) is 0 Å². The number of likely N-dealkylation sites (N-methyl/N-ethyl adjacent to an activating group) is 1. The molecule has 0 spiro atoms. The van der Waals surface area contributed by atoms with Gasteiger partial charge in [0, 0.05) is 13.6 Å². The largest absolute Gasteiger partial charge is 0.445 e. The van der Waals surface area contributed by atoms with Gasteiger partial charge in [-0.1, -0.05) is 30.3 Å².